The first-order valence-corrected chi connectivity index (χ1v) is 6.01. The van der Waals surface area contributed by atoms with Crippen LogP contribution in [-0.4, -0.2) is 25.2 Å². The van der Waals surface area contributed by atoms with Gasteiger partial charge in [-0.15, -0.1) is 0 Å². The van der Waals surface area contributed by atoms with Gasteiger partial charge in [0.25, 0.3) is 0 Å². The number of carbonyl (C=O) groups excluding carboxylic acids is 1. The summed E-state index contributed by atoms with van der Waals surface area (Å²) >= 11 is 0. The van der Waals surface area contributed by atoms with Gasteiger partial charge in [0.1, 0.15) is 6.67 Å². The SMILES string of the molecule is NC(C=CCNC(=O)CCc1ccccc1)CF. The minimum absolute atomic E-state index is 0.0164. The Bertz CT molecular complexity index is 379. The summed E-state index contributed by atoms with van der Waals surface area (Å²) in [5.41, 5.74) is 6.49. The maximum Gasteiger partial charge on any atom is 0.220 e. The zero-order valence-electron chi connectivity index (χ0n) is 10.3. The van der Waals surface area contributed by atoms with Crippen molar-refractivity contribution in [1.82, 2.24) is 5.32 Å². The van der Waals surface area contributed by atoms with Crippen LogP contribution in [0.3, 0.4) is 0 Å². The van der Waals surface area contributed by atoms with Crippen LogP contribution in [0.5, 0.6) is 0 Å². The van der Waals surface area contributed by atoms with Crippen LogP contribution in [0.4, 0.5) is 4.39 Å². The van der Waals surface area contributed by atoms with Crippen molar-refractivity contribution in [2.24, 2.45) is 5.73 Å². The number of hydrogen-bond acceptors (Lipinski definition) is 2. The Morgan fingerprint density at radius 1 is 1.39 bits per heavy atom. The van der Waals surface area contributed by atoms with Crippen LogP contribution in [0.15, 0.2) is 42.5 Å². The van der Waals surface area contributed by atoms with Crippen molar-refractivity contribution in [3.63, 3.8) is 0 Å². The standard InChI is InChI=1S/C14H19FN2O/c15-11-13(16)7-4-10-17-14(18)9-8-12-5-2-1-3-6-12/h1-7,13H,8-11,16H2,(H,17,18). The van der Waals surface area contributed by atoms with Crippen molar-refractivity contribution in [3.05, 3.63) is 48.0 Å². The summed E-state index contributed by atoms with van der Waals surface area (Å²) in [6, 6.07) is 9.26. The lowest BCUT2D eigenvalue weighted by Crippen LogP contribution is -2.24. The van der Waals surface area contributed by atoms with Gasteiger partial charge in [-0.2, -0.15) is 0 Å². The smallest absolute Gasteiger partial charge is 0.220 e. The number of rotatable bonds is 7. The lowest BCUT2D eigenvalue weighted by Gasteiger charge is -2.03. The highest BCUT2D eigenvalue weighted by atomic mass is 19.1. The molecule has 1 aromatic rings. The van der Waals surface area contributed by atoms with E-state index in [0.717, 1.165) is 12.0 Å². The molecule has 0 aromatic heterocycles. The summed E-state index contributed by atoms with van der Waals surface area (Å²) in [6.45, 7) is -0.195. The Balaban J connectivity index is 2.17. The molecule has 1 rings (SSSR count). The van der Waals surface area contributed by atoms with E-state index in [4.69, 9.17) is 5.73 Å². The molecule has 3 nitrogen and oxygen atoms in total. The highest BCUT2D eigenvalue weighted by Gasteiger charge is 2.00. The van der Waals surface area contributed by atoms with E-state index in [1.54, 1.807) is 12.2 Å². The average Bonchev–Trinajstić information content (AvgIpc) is 2.42. The summed E-state index contributed by atoms with van der Waals surface area (Å²) in [5.74, 6) is -0.0164. The van der Waals surface area contributed by atoms with E-state index in [-0.39, 0.29) is 5.91 Å². The maximum absolute atomic E-state index is 12.0. The third kappa shape index (κ3) is 6.15. The van der Waals surface area contributed by atoms with Gasteiger partial charge in [-0.05, 0) is 12.0 Å². The summed E-state index contributed by atoms with van der Waals surface area (Å²) in [6.07, 6.45) is 4.40. The second-order valence-electron chi connectivity index (χ2n) is 4.04. The molecule has 1 amide bonds. The Hall–Kier alpha value is -1.68. The number of aryl methyl sites for hydroxylation is 1. The van der Waals surface area contributed by atoms with Crippen LogP contribution >= 0.6 is 0 Å². The van der Waals surface area contributed by atoms with Crippen molar-refractivity contribution in [3.8, 4) is 0 Å². The van der Waals surface area contributed by atoms with Crippen LogP contribution in [0.2, 0.25) is 0 Å². The van der Waals surface area contributed by atoms with Gasteiger partial charge in [0, 0.05) is 13.0 Å². The molecule has 0 aliphatic rings. The molecule has 0 spiro atoms. The Morgan fingerprint density at radius 3 is 2.78 bits per heavy atom. The van der Waals surface area contributed by atoms with Crippen molar-refractivity contribution < 1.29 is 9.18 Å². The van der Waals surface area contributed by atoms with E-state index < -0.39 is 12.7 Å². The predicted octanol–water partition coefficient (Wildman–Crippen LogP) is 1.59. The number of benzene rings is 1. The number of carbonyl (C=O) groups is 1. The topological polar surface area (TPSA) is 55.1 Å². The highest BCUT2D eigenvalue weighted by Crippen LogP contribution is 2.01. The van der Waals surface area contributed by atoms with Gasteiger partial charge in [-0.1, -0.05) is 42.5 Å². The lowest BCUT2D eigenvalue weighted by atomic mass is 10.1. The van der Waals surface area contributed by atoms with E-state index in [0.29, 0.717) is 13.0 Å². The third-order valence-electron chi connectivity index (χ3n) is 2.46. The fraction of sp³-hybridized carbons (Fsp3) is 0.357. The fourth-order valence-electron chi connectivity index (χ4n) is 1.46. The van der Waals surface area contributed by atoms with Gasteiger partial charge in [0.15, 0.2) is 0 Å². The monoisotopic (exact) mass is 250 g/mol. The van der Waals surface area contributed by atoms with Gasteiger partial charge in [0.05, 0.1) is 6.04 Å². The second kappa shape index (κ2) is 8.42. The molecule has 1 atom stereocenters. The molecule has 98 valence electrons. The molecule has 0 saturated heterocycles. The minimum atomic E-state index is -0.585. The summed E-state index contributed by atoms with van der Waals surface area (Å²) in [7, 11) is 0. The van der Waals surface area contributed by atoms with Gasteiger partial charge in [-0.3, -0.25) is 4.79 Å². The van der Waals surface area contributed by atoms with Gasteiger partial charge < -0.3 is 11.1 Å². The Labute approximate surface area is 107 Å². The van der Waals surface area contributed by atoms with Crippen LogP contribution < -0.4 is 11.1 Å². The van der Waals surface area contributed by atoms with E-state index >= 15 is 0 Å². The average molecular weight is 250 g/mol. The number of hydrogen-bond donors (Lipinski definition) is 2. The van der Waals surface area contributed by atoms with E-state index in [2.05, 4.69) is 5.32 Å². The molecule has 4 heteroatoms. The molecule has 0 bridgehead atoms. The van der Waals surface area contributed by atoms with E-state index in [9.17, 15) is 9.18 Å². The number of amides is 1. The first kappa shape index (κ1) is 14.4. The van der Waals surface area contributed by atoms with Crippen molar-refractivity contribution in [2.45, 2.75) is 18.9 Å². The van der Waals surface area contributed by atoms with Crippen LogP contribution in [-0.2, 0) is 11.2 Å². The molecular formula is C14H19FN2O. The number of nitrogens with one attached hydrogen (secondary N) is 1. The number of halogens is 1. The van der Waals surface area contributed by atoms with Crippen molar-refractivity contribution in [1.29, 1.82) is 0 Å². The molecule has 1 unspecified atom stereocenters. The molecule has 3 N–H and O–H groups in total. The molecule has 0 aliphatic heterocycles. The fourth-order valence-corrected chi connectivity index (χ4v) is 1.46. The minimum Gasteiger partial charge on any atom is -0.353 e. The lowest BCUT2D eigenvalue weighted by molar-refractivity contribution is -0.120. The quantitative estimate of drug-likeness (QED) is 0.722. The van der Waals surface area contributed by atoms with Gasteiger partial charge in [0.2, 0.25) is 5.91 Å². The van der Waals surface area contributed by atoms with Crippen LogP contribution in [0.25, 0.3) is 0 Å². The molecular weight excluding hydrogens is 231 g/mol. The summed E-state index contributed by atoms with van der Waals surface area (Å²) in [5, 5.41) is 2.73. The molecule has 0 saturated carbocycles. The van der Waals surface area contributed by atoms with Crippen molar-refractivity contribution in [2.75, 3.05) is 13.2 Å². The molecule has 0 aliphatic carbocycles. The Kier molecular flexibility index (Phi) is 6.72. The molecule has 0 heterocycles. The van der Waals surface area contributed by atoms with E-state index in [1.807, 2.05) is 30.3 Å². The summed E-state index contributed by atoms with van der Waals surface area (Å²) < 4.78 is 12.0. The first-order chi connectivity index (χ1) is 8.72. The van der Waals surface area contributed by atoms with Crippen LogP contribution in [0.1, 0.15) is 12.0 Å². The molecule has 1 aromatic carbocycles. The highest BCUT2D eigenvalue weighted by molar-refractivity contribution is 5.76. The first-order valence-electron chi connectivity index (χ1n) is 6.01. The third-order valence-corrected chi connectivity index (χ3v) is 2.46. The molecule has 0 radical (unpaired) electrons. The molecule has 18 heavy (non-hydrogen) atoms. The zero-order valence-corrected chi connectivity index (χ0v) is 10.3. The van der Waals surface area contributed by atoms with Crippen LogP contribution in [0, 0.1) is 0 Å². The van der Waals surface area contributed by atoms with Crippen molar-refractivity contribution >= 4 is 5.91 Å². The number of alkyl halides is 1. The Morgan fingerprint density at radius 2 is 2.11 bits per heavy atom. The molecule has 0 fully saturated rings. The number of nitrogens with two attached hydrogens (primary N) is 1. The second-order valence-corrected chi connectivity index (χ2v) is 4.04. The van der Waals surface area contributed by atoms with Gasteiger partial charge in [-0.25, -0.2) is 4.39 Å². The maximum atomic E-state index is 12.0. The largest absolute Gasteiger partial charge is 0.353 e. The van der Waals surface area contributed by atoms with E-state index in [1.165, 1.54) is 0 Å². The summed E-state index contributed by atoms with van der Waals surface area (Å²) in [4.78, 5) is 11.5. The zero-order chi connectivity index (χ0) is 13.2. The van der Waals surface area contributed by atoms with Gasteiger partial charge >= 0.3 is 0 Å². The predicted molar refractivity (Wildman–Crippen MR) is 70.9 cm³/mol. The normalized spacial score (nSPS) is 12.6.